The average molecular weight is 762 g/mol. The molecule has 5 heteroatoms. The molecule has 12 rings (SSSR count). The van der Waals surface area contributed by atoms with Crippen molar-refractivity contribution in [3.8, 4) is 50.8 Å². The number of nitriles is 1. The molecule has 0 amide bonds. The fourth-order valence-corrected chi connectivity index (χ4v) is 9.84. The van der Waals surface area contributed by atoms with E-state index in [2.05, 4.69) is 141 Å². The number of nitrogens with zero attached hydrogens (tertiary/aromatic N) is 5. The summed E-state index contributed by atoms with van der Waals surface area (Å²) < 4.78 is 4.60. The molecular weight excluding hydrogens is 731 g/mol. The molecule has 0 saturated carbocycles. The van der Waals surface area contributed by atoms with Crippen molar-refractivity contribution in [3.05, 3.63) is 205 Å². The van der Waals surface area contributed by atoms with E-state index in [0.29, 0.717) is 16.8 Å². The van der Waals surface area contributed by atoms with Gasteiger partial charge in [-0.1, -0.05) is 158 Å². The molecule has 9 aromatic carbocycles. The topological polar surface area (TPSA) is 50.9 Å². The molecule has 0 bridgehead atoms. The van der Waals surface area contributed by atoms with Crippen molar-refractivity contribution in [2.75, 3.05) is 0 Å². The van der Waals surface area contributed by atoms with E-state index in [9.17, 15) is 5.26 Å². The molecule has 5 nitrogen and oxygen atoms in total. The molecule has 0 radical (unpaired) electrons. The standard InChI is InChI=1S/C55H31N5/c1-57-52-47(35-19-7-3-8-20-35)43(33-56)54(60-44-29-12-11-23-38(44)41-26-13-24-37(53(41)60)34-17-5-2-6-18-34)48(36-21-9-4-10-22-36)55(52)59-45-30-14-25-39-40-28-16-32-58-51(40)42-27-15-31-46(59)50(42)49(39)45/h2-32H. The van der Waals surface area contributed by atoms with Crippen LogP contribution in [0.1, 0.15) is 5.56 Å². The van der Waals surface area contributed by atoms with E-state index in [1.54, 1.807) is 0 Å². The Balaban J connectivity index is 1.39. The summed E-state index contributed by atoms with van der Waals surface area (Å²) in [7, 11) is 0. The first-order valence-electron chi connectivity index (χ1n) is 20.0. The van der Waals surface area contributed by atoms with Crippen LogP contribution < -0.4 is 0 Å². The summed E-state index contributed by atoms with van der Waals surface area (Å²) in [5.41, 5.74) is 12.4. The maximum absolute atomic E-state index is 11.7. The predicted molar refractivity (Wildman–Crippen MR) is 246 cm³/mol. The zero-order valence-corrected chi connectivity index (χ0v) is 32.1. The summed E-state index contributed by atoms with van der Waals surface area (Å²) in [6.45, 7) is 9.17. The Morgan fingerprint density at radius 2 is 1.02 bits per heavy atom. The summed E-state index contributed by atoms with van der Waals surface area (Å²) in [5, 5.41) is 19.4. The second kappa shape index (κ2) is 13.0. The van der Waals surface area contributed by atoms with E-state index >= 15 is 0 Å². The van der Waals surface area contributed by atoms with Gasteiger partial charge in [-0.3, -0.25) is 4.98 Å². The van der Waals surface area contributed by atoms with Crippen LogP contribution in [0, 0.1) is 17.9 Å². The molecule has 0 spiro atoms. The monoisotopic (exact) mass is 761 g/mol. The molecular formula is C55H31N5. The van der Waals surface area contributed by atoms with E-state index in [0.717, 1.165) is 104 Å². The Bertz CT molecular complexity index is 3680. The summed E-state index contributed by atoms with van der Waals surface area (Å²) in [6, 6.07) is 65.4. The summed E-state index contributed by atoms with van der Waals surface area (Å²) in [6.07, 6.45) is 1.86. The van der Waals surface area contributed by atoms with E-state index in [1.807, 2.05) is 66.9 Å². The van der Waals surface area contributed by atoms with Gasteiger partial charge in [0.15, 0.2) is 0 Å². The molecule has 276 valence electrons. The second-order valence-corrected chi connectivity index (χ2v) is 15.2. The highest BCUT2D eigenvalue weighted by molar-refractivity contribution is 6.34. The fourth-order valence-electron chi connectivity index (χ4n) is 9.84. The number of fused-ring (bicyclic) bond motifs is 6. The van der Waals surface area contributed by atoms with Crippen molar-refractivity contribution >= 4 is 71.0 Å². The highest BCUT2D eigenvalue weighted by Gasteiger charge is 2.32. The number of pyridine rings is 1. The Labute approximate surface area is 345 Å². The van der Waals surface area contributed by atoms with Crippen LogP contribution in [0.25, 0.3) is 115 Å². The number of hydrogen-bond donors (Lipinski definition) is 0. The predicted octanol–water partition coefficient (Wildman–Crippen LogP) is 14.4. The largest absolute Gasteiger partial charge is 0.318 e. The van der Waals surface area contributed by atoms with Crippen molar-refractivity contribution in [1.29, 1.82) is 5.26 Å². The number of para-hydroxylation sites is 2. The minimum Gasteiger partial charge on any atom is -0.318 e. The third-order valence-electron chi connectivity index (χ3n) is 12.2. The number of rotatable bonds is 5. The van der Waals surface area contributed by atoms with Gasteiger partial charge >= 0.3 is 0 Å². The number of benzene rings is 9. The first-order valence-corrected chi connectivity index (χ1v) is 20.0. The summed E-state index contributed by atoms with van der Waals surface area (Å²) in [4.78, 5) is 9.41. The van der Waals surface area contributed by atoms with Crippen LogP contribution >= 0.6 is 0 Å². The lowest BCUT2D eigenvalue weighted by Gasteiger charge is -2.26. The van der Waals surface area contributed by atoms with Gasteiger partial charge in [-0.15, -0.1) is 0 Å². The Hall–Kier alpha value is -8.51. The average Bonchev–Trinajstić information content (AvgIpc) is 3.84. The molecule has 0 N–H and O–H groups in total. The van der Waals surface area contributed by atoms with Crippen LogP contribution in [0.5, 0.6) is 0 Å². The lowest BCUT2D eigenvalue weighted by molar-refractivity contribution is 1.13. The van der Waals surface area contributed by atoms with Gasteiger partial charge in [0.05, 0.1) is 51.1 Å². The molecule has 0 aliphatic carbocycles. The van der Waals surface area contributed by atoms with Crippen molar-refractivity contribution in [2.24, 2.45) is 0 Å². The Morgan fingerprint density at radius 3 is 1.72 bits per heavy atom. The molecule has 0 fully saturated rings. The van der Waals surface area contributed by atoms with Crippen LogP contribution in [-0.4, -0.2) is 14.1 Å². The molecule has 60 heavy (non-hydrogen) atoms. The molecule has 12 aromatic rings. The highest BCUT2D eigenvalue weighted by Crippen LogP contribution is 2.53. The van der Waals surface area contributed by atoms with Gasteiger partial charge < -0.3 is 9.13 Å². The number of aromatic nitrogens is 3. The first kappa shape index (κ1) is 33.6. The van der Waals surface area contributed by atoms with Gasteiger partial charge in [-0.25, -0.2) is 4.85 Å². The zero-order valence-electron chi connectivity index (χ0n) is 32.1. The maximum Gasteiger partial charge on any atom is 0.220 e. The van der Waals surface area contributed by atoms with Crippen LogP contribution in [0.4, 0.5) is 5.69 Å². The molecule has 0 atom stereocenters. The van der Waals surface area contributed by atoms with Gasteiger partial charge in [0.25, 0.3) is 0 Å². The van der Waals surface area contributed by atoms with E-state index in [-0.39, 0.29) is 0 Å². The SMILES string of the molecule is [C-]#[N+]c1c(-c2ccccc2)c(C#N)c(-n2c3ccccc3c3cccc(-c4ccccc4)c32)c(-c2ccccc2)c1-n1c2cccc3c4cccnc4c4cccc1c4c32. The number of hydrogen-bond acceptors (Lipinski definition) is 2. The lowest BCUT2D eigenvalue weighted by Crippen LogP contribution is -2.09. The minimum atomic E-state index is 0.411. The third kappa shape index (κ3) is 4.57. The van der Waals surface area contributed by atoms with Crippen LogP contribution in [0.3, 0.4) is 0 Å². The molecule has 3 aromatic heterocycles. The van der Waals surface area contributed by atoms with Crippen LogP contribution in [0.2, 0.25) is 0 Å². The van der Waals surface area contributed by atoms with Crippen molar-refractivity contribution in [2.45, 2.75) is 0 Å². The van der Waals surface area contributed by atoms with E-state index < -0.39 is 0 Å². The lowest BCUT2D eigenvalue weighted by atomic mass is 9.88. The first-order chi connectivity index (χ1) is 29.8. The zero-order chi connectivity index (χ0) is 39.9. The third-order valence-corrected chi connectivity index (χ3v) is 12.2. The van der Waals surface area contributed by atoms with Gasteiger partial charge in [-0.2, -0.15) is 5.26 Å². The van der Waals surface area contributed by atoms with Gasteiger partial charge in [-0.05, 0) is 46.3 Å². The molecule has 0 aliphatic heterocycles. The quantitative estimate of drug-likeness (QED) is 0.130. The van der Waals surface area contributed by atoms with Gasteiger partial charge in [0, 0.05) is 55.2 Å². The normalized spacial score (nSPS) is 11.6. The Morgan fingerprint density at radius 1 is 0.467 bits per heavy atom. The van der Waals surface area contributed by atoms with Crippen molar-refractivity contribution in [1.82, 2.24) is 14.1 Å². The van der Waals surface area contributed by atoms with E-state index in [1.165, 1.54) is 0 Å². The molecule has 0 aliphatic rings. The van der Waals surface area contributed by atoms with Gasteiger partial charge in [0.2, 0.25) is 5.69 Å². The molecule has 0 unspecified atom stereocenters. The highest BCUT2D eigenvalue weighted by atomic mass is 15.0. The summed E-state index contributed by atoms with van der Waals surface area (Å²) >= 11 is 0. The van der Waals surface area contributed by atoms with Crippen LogP contribution in [-0.2, 0) is 0 Å². The summed E-state index contributed by atoms with van der Waals surface area (Å²) in [5.74, 6) is 0. The second-order valence-electron chi connectivity index (χ2n) is 15.2. The van der Waals surface area contributed by atoms with E-state index in [4.69, 9.17) is 11.6 Å². The van der Waals surface area contributed by atoms with Crippen molar-refractivity contribution < 1.29 is 0 Å². The van der Waals surface area contributed by atoms with Crippen molar-refractivity contribution in [3.63, 3.8) is 0 Å². The van der Waals surface area contributed by atoms with Crippen LogP contribution in [0.15, 0.2) is 188 Å². The smallest absolute Gasteiger partial charge is 0.220 e. The maximum atomic E-state index is 11.7. The Kier molecular flexibility index (Phi) is 7.29. The minimum absolute atomic E-state index is 0.411. The van der Waals surface area contributed by atoms with Gasteiger partial charge in [0.1, 0.15) is 6.07 Å². The molecule has 0 saturated heterocycles. The molecule has 3 heterocycles. The fraction of sp³-hybridized carbons (Fsp3) is 0.